The molecule has 1 unspecified atom stereocenters. The summed E-state index contributed by atoms with van der Waals surface area (Å²) < 4.78 is 62.8. The molecular weight excluding hydrogens is 708 g/mol. The van der Waals surface area contributed by atoms with E-state index in [-0.39, 0.29) is 27.8 Å². The van der Waals surface area contributed by atoms with Crippen LogP contribution in [0.1, 0.15) is 28.8 Å². The van der Waals surface area contributed by atoms with Gasteiger partial charge in [-0.2, -0.15) is 0 Å². The molecule has 9 rings (SSSR count). The molecule has 2 aliphatic heterocycles. The van der Waals surface area contributed by atoms with Gasteiger partial charge < -0.3 is 13.8 Å². The van der Waals surface area contributed by atoms with Gasteiger partial charge in [0.2, 0.25) is 0 Å². The molecule has 2 aliphatic rings. The maximum Gasteiger partial charge on any atom is 0.584 e. The fraction of sp³-hybridized carbons (Fsp3) is 0.0714. The number of ether oxygens (including phenoxy) is 1. The summed E-state index contributed by atoms with van der Waals surface area (Å²) in [5.41, 5.74) is 2.74. The number of phosphoric acid groups is 1. The standard InChI is InChI=1S/C42H31N2O7PS/c1-49-31-21-23-32(24-22-31)53(47,48)44-40(29-15-6-3-7-16-29)39(28-13-4-2-5-14-28)43-42(44)35-26-30-17-9-11-19-34(30)38-37-33-18-10-8-12-27(33)20-25-36(37)50-52(45,46)51-41(35)38/h2-26,39-40H,1H3,(H,45,46)/t39-,40-/m0/s1. The molecule has 7 aromatic rings. The van der Waals surface area contributed by atoms with E-state index >= 15 is 8.42 Å². The first-order chi connectivity index (χ1) is 25.7. The van der Waals surface area contributed by atoms with Crippen molar-refractivity contribution in [2.45, 2.75) is 17.0 Å². The molecule has 53 heavy (non-hydrogen) atoms. The van der Waals surface area contributed by atoms with Gasteiger partial charge in [-0.05, 0) is 69.1 Å². The molecule has 2 heterocycles. The first-order valence-corrected chi connectivity index (χ1v) is 19.8. The van der Waals surface area contributed by atoms with Crippen LogP contribution in [0.15, 0.2) is 162 Å². The van der Waals surface area contributed by atoms with Crippen LogP contribution in [-0.2, 0) is 14.6 Å². The maximum atomic E-state index is 15.2. The van der Waals surface area contributed by atoms with E-state index in [4.69, 9.17) is 18.8 Å². The van der Waals surface area contributed by atoms with Crippen molar-refractivity contribution < 1.29 is 31.7 Å². The predicted molar refractivity (Wildman–Crippen MR) is 205 cm³/mol. The largest absolute Gasteiger partial charge is 0.584 e. The molecule has 0 bridgehead atoms. The van der Waals surface area contributed by atoms with E-state index in [2.05, 4.69) is 0 Å². The number of methoxy groups -OCH3 is 1. The molecular formula is C42H31N2O7PS. The number of benzene rings is 7. The van der Waals surface area contributed by atoms with Crippen LogP contribution in [0, 0.1) is 0 Å². The molecule has 0 saturated carbocycles. The number of phosphoric ester groups is 1. The highest BCUT2D eigenvalue weighted by Gasteiger charge is 2.48. The van der Waals surface area contributed by atoms with Crippen molar-refractivity contribution in [1.82, 2.24) is 4.31 Å². The van der Waals surface area contributed by atoms with E-state index in [1.54, 1.807) is 24.3 Å². The van der Waals surface area contributed by atoms with Crippen molar-refractivity contribution in [3.63, 3.8) is 0 Å². The number of rotatable bonds is 6. The second kappa shape index (κ2) is 12.6. The molecule has 9 nitrogen and oxygen atoms in total. The fourth-order valence-corrected chi connectivity index (χ4v) is 9.86. The van der Waals surface area contributed by atoms with E-state index in [9.17, 15) is 9.46 Å². The van der Waals surface area contributed by atoms with Crippen molar-refractivity contribution >= 4 is 45.2 Å². The normalized spacial score (nSPS) is 19.4. The van der Waals surface area contributed by atoms with Gasteiger partial charge in [-0.15, -0.1) is 0 Å². The average Bonchev–Trinajstić information content (AvgIpc) is 3.54. The SMILES string of the molecule is COc1ccc(S(=O)(=O)N2C(c3cc4ccccc4c4c3OP(=O)(O)Oc3ccc5ccccc5c3-4)=N[C@@H](c3ccccc3)[C@@H]2c2ccccc2)cc1. The second-order valence-corrected chi connectivity index (χ2v) is 15.9. The van der Waals surface area contributed by atoms with E-state index in [1.807, 2.05) is 115 Å². The summed E-state index contributed by atoms with van der Waals surface area (Å²) in [6.45, 7) is 0. The van der Waals surface area contributed by atoms with Crippen LogP contribution >= 0.6 is 7.82 Å². The molecule has 3 atom stereocenters. The Morgan fingerprint density at radius 2 is 1.30 bits per heavy atom. The van der Waals surface area contributed by atoms with E-state index in [0.717, 1.165) is 27.1 Å². The molecule has 262 valence electrons. The van der Waals surface area contributed by atoms with Gasteiger partial charge in [0.05, 0.1) is 23.6 Å². The van der Waals surface area contributed by atoms with Crippen LogP contribution in [0.4, 0.5) is 0 Å². The van der Waals surface area contributed by atoms with Gasteiger partial charge in [0.15, 0.2) is 5.75 Å². The number of amidine groups is 1. The van der Waals surface area contributed by atoms with Crippen molar-refractivity contribution in [3.05, 3.63) is 168 Å². The Morgan fingerprint density at radius 1 is 0.698 bits per heavy atom. The van der Waals surface area contributed by atoms with E-state index in [0.29, 0.717) is 22.4 Å². The number of hydrogen-bond acceptors (Lipinski definition) is 7. The molecule has 0 radical (unpaired) electrons. The summed E-state index contributed by atoms with van der Waals surface area (Å²) >= 11 is 0. The second-order valence-electron chi connectivity index (χ2n) is 12.8. The Kier molecular flexibility index (Phi) is 7.85. The van der Waals surface area contributed by atoms with E-state index < -0.39 is 29.9 Å². The lowest BCUT2D eigenvalue weighted by Crippen LogP contribution is -2.38. The quantitative estimate of drug-likeness (QED) is 0.169. The third-order valence-corrected chi connectivity index (χ3v) is 12.4. The molecule has 1 N–H and O–H groups in total. The van der Waals surface area contributed by atoms with Crippen molar-refractivity contribution in [3.8, 4) is 28.4 Å². The lowest BCUT2D eigenvalue weighted by atomic mass is 9.90. The van der Waals surface area contributed by atoms with Gasteiger partial charge in [0, 0.05) is 11.1 Å². The molecule has 0 aliphatic carbocycles. The smallest absolute Gasteiger partial charge is 0.497 e. The Hall–Kier alpha value is -5.93. The average molecular weight is 739 g/mol. The van der Waals surface area contributed by atoms with Crippen LogP contribution < -0.4 is 13.8 Å². The summed E-state index contributed by atoms with van der Waals surface area (Å²) in [7, 11) is -7.70. The zero-order valence-electron chi connectivity index (χ0n) is 28.2. The monoisotopic (exact) mass is 738 g/mol. The van der Waals surface area contributed by atoms with Gasteiger partial charge in [-0.3, -0.25) is 9.89 Å². The molecule has 0 saturated heterocycles. The summed E-state index contributed by atoms with van der Waals surface area (Å²) in [4.78, 5) is 16.6. The molecule has 11 heteroatoms. The third kappa shape index (κ3) is 5.54. The minimum absolute atomic E-state index is 0.0148. The van der Waals surface area contributed by atoms with Gasteiger partial charge >= 0.3 is 7.82 Å². The Labute approximate surface area is 306 Å². The van der Waals surface area contributed by atoms with Crippen LogP contribution in [0.25, 0.3) is 32.7 Å². The highest BCUT2D eigenvalue weighted by atomic mass is 32.2. The van der Waals surface area contributed by atoms with E-state index in [1.165, 1.54) is 23.5 Å². The number of hydrogen-bond donors (Lipinski definition) is 1. The number of sulfonamides is 1. The topological polar surface area (TPSA) is 115 Å². The minimum Gasteiger partial charge on any atom is -0.497 e. The number of nitrogens with zero attached hydrogens (tertiary/aromatic N) is 2. The molecule has 7 aromatic carbocycles. The van der Waals surface area contributed by atoms with Crippen molar-refractivity contribution in [2.24, 2.45) is 4.99 Å². The van der Waals surface area contributed by atoms with Crippen molar-refractivity contribution in [2.75, 3.05) is 7.11 Å². The van der Waals surface area contributed by atoms with Crippen LogP contribution in [0.5, 0.6) is 17.2 Å². The van der Waals surface area contributed by atoms with Gasteiger partial charge in [0.25, 0.3) is 10.0 Å². The molecule has 0 spiro atoms. The van der Waals surface area contributed by atoms with Gasteiger partial charge in [0.1, 0.15) is 23.4 Å². The first kappa shape index (κ1) is 32.9. The molecule has 0 aromatic heterocycles. The fourth-order valence-electron chi connectivity index (χ4n) is 7.39. The zero-order valence-corrected chi connectivity index (χ0v) is 29.9. The highest BCUT2D eigenvalue weighted by molar-refractivity contribution is 7.89. The highest BCUT2D eigenvalue weighted by Crippen LogP contribution is 2.59. The summed E-state index contributed by atoms with van der Waals surface area (Å²) in [5, 5.41) is 3.10. The van der Waals surface area contributed by atoms with Crippen LogP contribution in [-0.4, -0.2) is 30.6 Å². The van der Waals surface area contributed by atoms with Crippen molar-refractivity contribution in [1.29, 1.82) is 0 Å². The lowest BCUT2D eigenvalue weighted by molar-refractivity contribution is 0.294. The van der Waals surface area contributed by atoms with Crippen LogP contribution in [0.2, 0.25) is 0 Å². The maximum absolute atomic E-state index is 15.2. The lowest BCUT2D eigenvalue weighted by Gasteiger charge is -2.31. The molecule has 0 fully saturated rings. The summed E-state index contributed by atoms with van der Waals surface area (Å²) in [6, 6.07) is 44.0. The number of fused-ring (bicyclic) bond motifs is 7. The van der Waals surface area contributed by atoms with Gasteiger partial charge in [-0.1, -0.05) is 115 Å². The minimum atomic E-state index is -4.83. The Balaban J connectivity index is 1.40. The predicted octanol–water partition coefficient (Wildman–Crippen LogP) is 9.47. The van der Waals surface area contributed by atoms with Crippen LogP contribution in [0.3, 0.4) is 0 Å². The first-order valence-electron chi connectivity index (χ1n) is 16.9. The third-order valence-electron chi connectivity index (χ3n) is 9.72. The molecule has 0 amide bonds. The number of aliphatic imine (C=N–C) groups is 1. The summed E-state index contributed by atoms with van der Waals surface area (Å²) in [5.74, 6) is 0.697. The Bertz CT molecular complexity index is 2740. The van der Waals surface area contributed by atoms with Gasteiger partial charge in [-0.25, -0.2) is 17.3 Å². The summed E-state index contributed by atoms with van der Waals surface area (Å²) in [6.07, 6.45) is 0. The zero-order chi connectivity index (χ0) is 36.3. The Morgan fingerprint density at radius 3 is 1.98 bits per heavy atom.